The largest absolute Gasteiger partial charge is 0.445 e. The van der Waals surface area contributed by atoms with E-state index in [0.29, 0.717) is 25.6 Å². The van der Waals surface area contributed by atoms with Crippen LogP contribution in [0.3, 0.4) is 0 Å². The number of nitrogens with zero attached hydrogens (tertiary/aromatic N) is 1. The summed E-state index contributed by atoms with van der Waals surface area (Å²) in [7, 11) is 0. The number of carbonyl (C=O) groups excluding carboxylic acids is 2. The number of nitrogens with one attached hydrogen (secondary N) is 1. The summed E-state index contributed by atoms with van der Waals surface area (Å²) in [5.41, 5.74) is 0.916. The molecule has 4 bridgehead atoms. The lowest BCUT2D eigenvalue weighted by atomic mass is 9.49. The summed E-state index contributed by atoms with van der Waals surface area (Å²) in [5, 5.41) is 3.38. The van der Waals surface area contributed by atoms with E-state index < -0.39 is 0 Å². The van der Waals surface area contributed by atoms with E-state index in [2.05, 4.69) is 5.32 Å². The molecule has 0 radical (unpaired) electrons. The number of ether oxygens (including phenoxy) is 1. The van der Waals surface area contributed by atoms with E-state index >= 15 is 0 Å². The predicted octanol–water partition coefficient (Wildman–Crippen LogP) is 4.12. The molecule has 5 heteroatoms. The van der Waals surface area contributed by atoms with Crippen molar-refractivity contribution in [3.63, 3.8) is 0 Å². The Labute approximate surface area is 173 Å². The highest BCUT2D eigenvalue weighted by Crippen LogP contribution is 2.60. The first kappa shape index (κ1) is 19.0. The Bertz CT molecular complexity index is 719. The van der Waals surface area contributed by atoms with E-state index in [0.717, 1.165) is 55.4 Å². The molecule has 4 saturated carbocycles. The Morgan fingerprint density at radius 1 is 0.966 bits per heavy atom. The zero-order valence-corrected chi connectivity index (χ0v) is 17.1. The van der Waals surface area contributed by atoms with Gasteiger partial charge in [-0.3, -0.25) is 4.79 Å². The summed E-state index contributed by atoms with van der Waals surface area (Å²) in [4.78, 5) is 27.3. The summed E-state index contributed by atoms with van der Waals surface area (Å²) in [5.74, 6) is 2.66. The summed E-state index contributed by atoms with van der Waals surface area (Å²) in [6, 6.07) is 9.95. The van der Waals surface area contributed by atoms with Gasteiger partial charge < -0.3 is 15.0 Å². The third-order valence-corrected chi connectivity index (χ3v) is 7.81. The molecule has 0 atom stereocenters. The number of piperidine rings is 1. The van der Waals surface area contributed by atoms with E-state index in [1.54, 1.807) is 4.90 Å². The second kappa shape index (κ2) is 7.66. The Kier molecular flexibility index (Phi) is 5.00. The van der Waals surface area contributed by atoms with Crippen molar-refractivity contribution >= 4 is 12.0 Å². The van der Waals surface area contributed by atoms with Crippen LogP contribution in [0.2, 0.25) is 0 Å². The summed E-state index contributed by atoms with van der Waals surface area (Å²) >= 11 is 0. The van der Waals surface area contributed by atoms with Crippen LogP contribution >= 0.6 is 0 Å². The smallest absolute Gasteiger partial charge is 0.410 e. The van der Waals surface area contributed by atoms with Crippen LogP contribution in [0.4, 0.5) is 4.79 Å². The zero-order chi connectivity index (χ0) is 19.8. The third kappa shape index (κ3) is 3.88. The fraction of sp³-hybridized carbons (Fsp3) is 0.667. The first-order valence-corrected chi connectivity index (χ1v) is 11.4. The molecule has 4 aliphatic carbocycles. The van der Waals surface area contributed by atoms with Gasteiger partial charge >= 0.3 is 6.09 Å². The van der Waals surface area contributed by atoms with Crippen LogP contribution in [-0.4, -0.2) is 36.0 Å². The molecule has 1 aromatic carbocycles. The van der Waals surface area contributed by atoms with Gasteiger partial charge in [-0.05, 0) is 74.7 Å². The van der Waals surface area contributed by atoms with E-state index in [4.69, 9.17) is 4.74 Å². The molecule has 0 spiro atoms. The number of hydrogen-bond acceptors (Lipinski definition) is 3. The molecule has 5 nitrogen and oxygen atoms in total. The van der Waals surface area contributed by atoms with Gasteiger partial charge in [-0.15, -0.1) is 0 Å². The quantitative estimate of drug-likeness (QED) is 0.833. The van der Waals surface area contributed by atoms with Crippen molar-refractivity contribution in [2.75, 3.05) is 13.1 Å². The van der Waals surface area contributed by atoms with Crippen molar-refractivity contribution < 1.29 is 14.3 Å². The minimum absolute atomic E-state index is 0.0828. The third-order valence-electron chi connectivity index (χ3n) is 7.81. The predicted molar refractivity (Wildman–Crippen MR) is 110 cm³/mol. The number of amides is 2. The molecule has 1 N–H and O–H groups in total. The van der Waals surface area contributed by atoms with E-state index in [9.17, 15) is 9.59 Å². The lowest BCUT2D eigenvalue weighted by Crippen LogP contribution is -2.56. The second-order valence-corrected chi connectivity index (χ2v) is 9.97. The van der Waals surface area contributed by atoms with Gasteiger partial charge in [-0.25, -0.2) is 4.79 Å². The Balaban J connectivity index is 1.10. The summed E-state index contributed by atoms with van der Waals surface area (Å²) < 4.78 is 5.45. The van der Waals surface area contributed by atoms with Crippen molar-refractivity contribution in [1.82, 2.24) is 10.2 Å². The Morgan fingerprint density at radius 2 is 1.55 bits per heavy atom. The molecular weight excluding hydrogens is 364 g/mol. The van der Waals surface area contributed by atoms with E-state index in [1.807, 2.05) is 30.3 Å². The first-order chi connectivity index (χ1) is 14.1. The van der Waals surface area contributed by atoms with Crippen LogP contribution in [0.5, 0.6) is 0 Å². The molecule has 1 aromatic rings. The Morgan fingerprint density at radius 3 is 2.14 bits per heavy atom. The monoisotopic (exact) mass is 396 g/mol. The number of benzene rings is 1. The zero-order valence-electron chi connectivity index (χ0n) is 17.1. The SMILES string of the molecule is O=C(OCc1ccccc1)N1CCC(NC(=O)C23CC4CC(CC(C4)C2)C3)CC1. The lowest BCUT2D eigenvalue weighted by Gasteiger charge is -2.56. The maximum absolute atomic E-state index is 13.2. The van der Waals surface area contributed by atoms with Gasteiger partial charge in [0.05, 0.1) is 0 Å². The maximum Gasteiger partial charge on any atom is 0.410 e. The lowest BCUT2D eigenvalue weighted by molar-refractivity contribution is -0.147. The molecule has 1 saturated heterocycles. The van der Waals surface area contributed by atoms with Gasteiger partial charge in [0.2, 0.25) is 5.91 Å². The van der Waals surface area contributed by atoms with Crippen LogP contribution in [0.25, 0.3) is 0 Å². The molecule has 156 valence electrons. The van der Waals surface area contributed by atoms with Crippen LogP contribution in [-0.2, 0) is 16.1 Å². The van der Waals surface area contributed by atoms with Crippen molar-refractivity contribution in [2.24, 2.45) is 23.2 Å². The van der Waals surface area contributed by atoms with Crippen LogP contribution in [0.1, 0.15) is 56.9 Å². The molecule has 0 aromatic heterocycles. The standard InChI is InChI=1S/C24H32N2O3/c27-22(24-13-18-10-19(14-24)12-20(11-18)15-24)25-21-6-8-26(9-7-21)23(28)29-16-17-4-2-1-3-5-17/h1-5,18-21H,6-16H2,(H,25,27). The molecule has 2 amide bonds. The van der Waals surface area contributed by atoms with Crippen molar-refractivity contribution in [3.8, 4) is 0 Å². The topological polar surface area (TPSA) is 58.6 Å². The summed E-state index contributed by atoms with van der Waals surface area (Å²) in [6.45, 7) is 1.61. The van der Waals surface area contributed by atoms with Crippen LogP contribution < -0.4 is 5.32 Å². The highest BCUT2D eigenvalue weighted by molar-refractivity contribution is 5.83. The molecule has 1 heterocycles. The van der Waals surface area contributed by atoms with Gasteiger partial charge in [0.25, 0.3) is 0 Å². The van der Waals surface area contributed by atoms with Gasteiger partial charge in [0.15, 0.2) is 0 Å². The highest BCUT2D eigenvalue weighted by atomic mass is 16.6. The number of carbonyl (C=O) groups is 2. The maximum atomic E-state index is 13.2. The van der Waals surface area contributed by atoms with Crippen LogP contribution in [0.15, 0.2) is 30.3 Å². The van der Waals surface area contributed by atoms with E-state index in [-0.39, 0.29) is 17.6 Å². The number of rotatable bonds is 4. The molecule has 0 unspecified atom stereocenters. The van der Waals surface area contributed by atoms with Crippen molar-refractivity contribution in [2.45, 2.75) is 64.0 Å². The van der Waals surface area contributed by atoms with E-state index in [1.165, 1.54) is 19.3 Å². The van der Waals surface area contributed by atoms with Crippen molar-refractivity contribution in [1.29, 1.82) is 0 Å². The number of hydrogen-bond donors (Lipinski definition) is 1. The highest BCUT2D eigenvalue weighted by Gasteiger charge is 2.54. The summed E-state index contributed by atoms with van der Waals surface area (Å²) in [6.07, 6.45) is 8.78. The average molecular weight is 397 g/mol. The van der Waals surface area contributed by atoms with Crippen LogP contribution in [0, 0.1) is 23.2 Å². The molecular formula is C24H32N2O3. The van der Waals surface area contributed by atoms with Gasteiger partial charge in [-0.2, -0.15) is 0 Å². The minimum atomic E-state index is -0.250. The fourth-order valence-electron chi connectivity index (χ4n) is 6.74. The van der Waals surface area contributed by atoms with Gasteiger partial charge in [0.1, 0.15) is 6.61 Å². The molecule has 29 heavy (non-hydrogen) atoms. The first-order valence-electron chi connectivity index (χ1n) is 11.4. The van der Waals surface area contributed by atoms with Gasteiger partial charge in [0, 0.05) is 24.5 Å². The Hall–Kier alpha value is -2.04. The number of likely N-dealkylation sites (tertiary alicyclic amines) is 1. The molecule has 6 rings (SSSR count). The molecule has 5 aliphatic rings. The van der Waals surface area contributed by atoms with Crippen molar-refractivity contribution in [3.05, 3.63) is 35.9 Å². The molecule has 1 aliphatic heterocycles. The second-order valence-electron chi connectivity index (χ2n) is 9.97. The average Bonchev–Trinajstić information content (AvgIpc) is 2.72. The van der Waals surface area contributed by atoms with Gasteiger partial charge in [-0.1, -0.05) is 30.3 Å². The molecule has 5 fully saturated rings. The minimum Gasteiger partial charge on any atom is -0.445 e. The fourth-order valence-corrected chi connectivity index (χ4v) is 6.74. The normalized spacial score (nSPS) is 33.5.